The lowest BCUT2D eigenvalue weighted by Gasteiger charge is -2.17. The SMILES string of the molecule is COc1ccc(NC(=S)NCc2ccc(OC)c(OC)c2OC)cn1. The van der Waals surface area contributed by atoms with E-state index in [2.05, 4.69) is 15.6 Å². The highest BCUT2D eigenvalue weighted by atomic mass is 32.1. The molecule has 0 aliphatic rings. The van der Waals surface area contributed by atoms with E-state index < -0.39 is 0 Å². The summed E-state index contributed by atoms with van der Waals surface area (Å²) in [7, 11) is 6.30. The van der Waals surface area contributed by atoms with Gasteiger partial charge < -0.3 is 29.6 Å². The molecule has 2 aromatic rings. The van der Waals surface area contributed by atoms with Crippen LogP contribution in [0.1, 0.15) is 5.56 Å². The summed E-state index contributed by atoms with van der Waals surface area (Å²) in [6.45, 7) is 0.457. The van der Waals surface area contributed by atoms with Crippen LogP contribution in [0.3, 0.4) is 0 Å². The fourth-order valence-electron chi connectivity index (χ4n) is 2.23. The molecular formula is C17H21N3O4S. The highest BCUT2D eigenvalue weighted by Gasteiger charge is 2.15. The molecule has 0 saturated carbocycles. The molecule has 7 nitrogen and oxygen atoms in total. The van der Waals surface area contributed by atoms with Crippen LogP contribution in [0.4, 0.5) is 5.69 Å². The van der Waals surface area contributed by atoms with Crippen molar-refractivity contribution in [3.63, 3.8) is 0 Å². The molecule has 0 amide bonds. The van der Waals surface area contributed by atoms with Crippen molar-refractivity contribution in [3.8, 4) is 23.1 Å². The van der Waals surface area contributed by atoms with Gasteiger partial charge in [-0.05, 0) is 30.4 Å². The van der Waals surface area contributed by atoms with E-state index >= 15 is 0 Å². The van der Waals surface area contributed by atoms with Crippen LogP contribution in [0.25, 0.3) is 0 Å². The Balaban J connectivity index is 2.03. The van der Waals surface area contributed by atoms with Crippen LogP contribution in [-0.4, -0.2) is 38.5 Å². The van der Waals surface area contributed by atoms with Crippen molar-refractivity contribution in [1.29, 1.82) is 0 Å². The molecule has 8 heteroatoms. The van der Waals surface area contributed by atoms with Crippen LogP contribution in [0.5, 0.6) is 23.1 Å². The van der Waals surface area contributed by atoms with Crippen molar-refractivity contribution in [3.05, 3.63) is 36.0 Å². The van der Waals surface area contributed by atoms with Crippen molar-refractivity contribution in [2.75, 3.05) is 33.8 Å². The second-order valence-corrected chi connectivity index (χ2v) is 5.30. The van der Waals surface area contributed by atoms with Gasteiger partial charge >= 0.3 is 0 Å². The van der Waals surface area contributed by atoms with E-state index in [1.165, 1.54) is 0 Å². The average Bonchev–Trinajstić information content (AvgIpc) is 2.65. The minimum absolute atomic E-state index is 0.457. The second kappa shape index (κ2) is 8.93. The first-order chi connectivity index (χ1) is 12.1. The monoisotopic (exact) mass is 363 g/mol. The number of rotatable bonds is 7. The van der Waals surface area contributed by atoms with Gasteiger partial charge in [0.15, 0.2) is 16.6 Å². The standard InChI is InChI=1S/C17H21N3O4S/c1-21-13-7-5-11(15(23-3)16(13)24-4)9-19-17(25)20-12-6-8-14(22-2)18-10-12/h5-8,10H,9H2,1-4H3,(H2,19,20,25). The maximum absolute atomic E-state index is 5.45. The fourth-order valence-corrected chi connectivity index (χ4v) is 2.42. The number of nitrogens with one attached hydrogen (secondary N) is 2. The van der Waals surface area contributed by atoms with Crippen molar-refractivity contribution in [1.82, 2.24) is 10.3 Å². The molecule has 0 bridgehead atoms. The van der Waals surface area contributed by atoms with Gasteiger partial charge in [-0.1, -0.05) is 0 Å². The summed E-state index contributed by atoms with van der Waals surface area (Å²) in [5.74, 6) is 2.29. The van der Waals surface area contributed by atoms with Crippen LogP contribution in [0, 0.1) is 0 Å². The van der Waals surface area contributed by atoms with E-state index in [-0.39, 0.29) is 0 Å². The fraction of sp³-hybridized carbons (Fsp3) is 0.294. The van der Waals surface area contributed by atoms with Crippen molar-refractivity contribution < 1.29 is 18.9 Å². The topological polar surface area (TPSA) is 73.9 Å². The summed E-state index contributed by atoms with van der Waals surface area (Å²) < 4.78 is 21.1. The molecule has 0 aliphatic heterocycles. The predicted molar refractivity (Wildman–Crippen MR) is 99.9 cm³/mol. The second-order valence-electron chi connectivity index (χ2n) is 4.89. The highest BCUT2D eigenvalue weighted by molar-refractivity contribution is 7.80. The van der Waals surface area contributed by atoms with E-state index in [1.807, 2.05) is 18.2 Å². The Morgan fingerprint density at radius 2 is 1.72 bits per heavy atom. The molecule has 1 aromatic heterocycles. The van der Waals surface area contributed by atoms with Gasteiger partial charge in [0, 0.05) is 18.2 Å². The number of ether oxygens (including phenoxy) is 4. The number of anilines is 1. The molecule has 2 rings (SSSR count). The third-order valence-corrected chi connectivity index (χ3v) is 3.67. The third kappa shape index (κ3) is 4.63. The summed E-state index contributed by atoms with van der Waals surface area (Å²) in [6, 6.07) is 7.30. The lowest BCUT2D eigenvalue weighted by molar-refractivity contribution is 0.322. The Hall–Kier alpha value is -2.74. The number of pyridine rings is 1. The Bertz CT molecular complexity index is 723. The Kier molecular flexibility index (Phi) is 6.64. The zero-order valence-corrected chi connectivity index (χ0v) is 15.4. The van der Waals surface area contributed by atoms with Gasteiger partial charge in [0.2, 0.25) is 11.6 Å². The number of methoxy groups -OCH3 is 4. The Morgan fingerprint density at radius 3 is 2.28 bits per heavy atom. The molecule has 0 unspecified atom stereocenters. The molecule has 1 heterocycles. The maximum atomic E-state index is 5.45. The zero-order valence-electron chi connectivity index (χ0n) is 14.6. The first kappa shape index (κ1) is 18.6. The Morgan fingerprint density at radius 1 is 0.960 bits per heavy atom. The lowest BCUT2D eigenvalue weighted by Crippen LogP contribution is -2.28. The normalized spacial score (nSPS) is 9.92. The zero-order chi connectivity index (χ0) is 18.2. The summed E-state index contributed by atoms with van der Waals surface area (Å²) in [5, 5.41) is 6.64. The van der Waals surface area contributed by atoms with Crippen LogP contribution >= 0.6 is 12.2 Å². The summed E-state index contributed by atoms with van der Waals surface area (Å²) in [4.78, 5) is 4.12. The summed E-state index contributed by atoms with van der Waals surface area (Å²) in [5.41, 5.74) is 1.65. The number of thiocarbonyl (C=S) groups is 1. The largest absolute Gasteiger partial charge is 0.493 e. The van der Waals surface area contributed by atoms with Gasteiger partial charge in [0.1, 0.15) is 0 Å². The minimum Gasteiger partial charge on any atom is -0.493 e. The molecule has 1 aromatic carbocycles. The smallest absolute Gasteiger partial charge is 0.213 e. The molecular weight excluding hydrogens is 342 g/mol. The average molecular weight is 363 g/mol. The molecule has 0 atom stereocenters. The minimum atomic E-state index is 0.457. The molecule has 0 aliphatic carbocycles. The number of hydrogen-bond acceptors (Lipinski definition) is 6. The van der Waals surface area contributed by atoms with Crippen LogP contribution in [-0.2, 0) is 6.54 Å². The van der Waals surface area contributed by atoms with Gasteiger partial charge in [-0.25, -0.2) is 4.98 Å². The van der Waals surface area contributed by atoms with Gasteiger partial charge in [-0.15, -0.1) is 0 Å². The molecule has 0 fully saturated rings. The van der Waals surface area contributed by atoms with E-state index in [9.17, 15) is 0 Å². The predicted octanol–water partition coefficient (Wildman–Crippen LogP) is 2.60. The number of benzene rings is 1. The molecule has 0 spiro atoms. The Labute approximate surface area is 152 Å². The van der Waals surface area contributed by atoms with Gasteiger partial charge in [-0.3, -0.25) is 0 Å². The molecule has 25 heavy (non-hydrogen) atoms. The quantitative estimate of drug-likeness (QED) is 0.727. The maximum Gasteiger partial charge on any atom is 0.213 e. The highest BCUT2D eigenvalue weighted by Crippen LogP contribution is 2.39. The summed E-state index contributed by atoms with van der Waals surface area (Å²) >= 11 is 5.31. The first-order valence-corrected chi connectivity index (χ1v) is 7.86. The van der Waals surface area contributed by atoms with E-state index in [0.717, 1.165) is 11.3 Å². The molecule has 134 valence electrons. The van der Waals surface area contributed by atoms with Crippen LogP contribution in [0.15, 0.2) is 30.5 Å². The van der Waals surface area contributed by atoms with Crippen LogP contribution in [0.2, 0.25) is 0 Å². The molecule has 0 radical (unpaired) electrons. The number of hydrogen-bond donors (Lipinski definition) is 2. The van der Waals surface area contributed by atoms with E-state index in [4.69, 9.17) is 31.2 Å². The molecule has 0 saturated heterocycles. The lowest BCUT2D eigenvalue weighted by atomic mass is 10.1. The van der Waals surface area contributed by atoms with Crippen molar-refractivity contribution in [2.24, 2.45) is 0 Å². The first-order valence-electron chi connectivity index (χ1n) is 7.45. The molecule has 2 N–H and O–H groups in total. The van der Waals surface area contributed by atoms with Crippen molar-refractivity contribution in [2.45, 2.75) is 6.54 Å². The summed E-state index contributed by atoms with van der Waals surface area (Å²) in [6.07, 6.45) is 1.64. The van der Waals surface area contributed by atoms with Gasteiger partial charge in [0.05, 0.1) is 40.3 Å². The van der Waals surface area contributed by atoms with Gasteiger partial charge in [-0.2, -0.15) is 0 Å². The van der Waals surface area contributed by atoms with E-state index in [0.29, 0.717) is 34.8 Å². The van der Waals surface area contributed by atoms with Gasteiger partial charge in [0.25, 0.3) is 0 Å². The van der Waals surface area contributed by atoms with Crippen molar-refractivity contribution >= 4 is 23.0 Å². The van der Waals surface area contributed by atoms with E-state index in [1.54, 1.807) is 40.7 Å². The number of nitrogens with zero attached hydrogens (tertiary/aromatic N) is 1. The third-order valence-electron chi connectivity index (χ3n) is 3.43. The van der Waals surface area contributed by atoms with Crippen LogP contribution < -0.4 is 29.6 Å². The number of aromatic nitrogens is 1.